The van der Waals surface area contributed by atoms with Gasteiger partial charge in [-0.25, -0.2) is 0 Å². The lowest BCUT2D eigenvalue weighted by molar-refractivity contribution is -0.136. The summed E-state index contributed by atoms with van der Waals surface area (Å²) in [6.45, 7) is 7.02. The van der Waals surface area contributed by atoms with Crippen LogP contribution in [0.3, 0.4) is 0 Å². The van der Waals surface area contributed by atoms with Gasteiger partial charge in [0.2, 0.25) is 5.91 Å². The summed E-state index contributed by atoms with van der Waals surface area (Å²) < 4.78 is 5.64. The van der Waals surface area contributed by atoms with Crippen molar-refractivity contribution < 1.29 is 19.4 Å². The van der Waals surface area contributed by atoms with E-state index in [9.17, 15) is 9.59 Å². The molecule has 1 amide bonds. The lowest BCUT2D eigenvalue weighted by Gasteiger charge is -2.12. The third-order valence-electron chi connectivity index (χ3n) is 3.34. The van der Waals surface area contributed by atoms with E-state index in [1.165, 1.54) is 11.1 Å². The molecule has 122 valence electrons. The van der Waals surface area contributed by atoms with Gasteiger partial charge in [0, 0.05) is 13.0 Å². The first kappa shape index (κ1) is 18.0. The van der Waals surface area contributed by atoms with Crippen molar-refractivity contribution in [3.63, 3.8) is 0 Å². The Morgan fingerprint density at radius 2 is 2.00 bits per heavy atom. The monoisotopic (exact) mass is 307 g/mol. The summed E-state index contributed by atoms with van der Waals surface area (Å²) in [6.07, 6.45) is 0.885. The lowest BCUT2D eigenvalue weighted by Crippen LogP contribution is -2.26. The lowest BCUT2D eigenvalue weighted by atomic mass is 9.98. The number of carbonyl (C=O) groups is 2. The zero-order chi connectivity index (χ0) is 16.5. The van der Waals surface area contributed by atoms with E-state index in [1.807, 2.05) is 12.1 Å². The standard InChI is InChI=1S/C17H25NO4/c1-12(2)15-7-6-14(11-13(15)3)22-10-4-5-16(19)18-9-8-17(20)21/h6-7,11-12H,4-5,8-10H2,1-3H3,(H,18,19)(H,20,21). The first-order valence-corrected chi connectivity index (χ1v) is 7.62. The van der Waals surface area contributed by atoms with E-state index in [0.717, 1.165) is 5.75 Å². The predicted molar refractivity (Wildman–Crippen MR) is 85.3 cm³/mol. The number of carboxylic acid groups (broad SMARTS) is 1. The third kappa shape index (κ3) is 6.61. The molecule has 2 N–H and O–H groups in total. The highest BCUT2D eigenvalue weighted by molar-refractivity contribution is 5.76. The van der Waals surface area contributed by atoms with Crippen LogP contribution >= 0.6 is 0 Å². The van der Waals surface area contributed by atoms with E-state index in [-0.39, 0.29) is 18.9 Å². The van der Waals surface area contributed by atoms with Crippen molar-refractivity contribution in [1.29, 1.82) is 0 Å². The molecule has 0 bridgehead atoms. The molecule has 0 fully saturated rings. The Bertz CT molecular complexity index is 511. The van der Waals surface area contributed by atoms with Gasteiger partial charge >= 0.3 is 5.97 Å². The van der Waals surface area contributed by atoms with Crippen LogP contribution in [0.4, 0.5) is 0 Å². The Kier molecular flexibility index (Phi) is 7.43. The fourth-order valence-corrected chi connectivity index (χ4v) is 2.21. The van der Waals surface area contributed by atoms with E-state index in [1.54, 1.807) is 0 Å². The van der Waals surface area contributed by atoms with Crippen molar-refractivity contribution in [3.8, 4) is 5.75 Å². The Labute approximate surface area is 131 Å². The number of nitrogens with one attached hydrogen (secondary N) is 1. The van der Waals surface area contributed by atoms with Crippen molar-refractivity contribution in [2.24, 2.45) is 0 Å². The molecule has 5 nitrogen and oxygen atoms in total. The van der Waals surface area contributed by atoms with Crippen molar-refractivity contribution in [3.05, 3.63) is 29.3 Å². The predicted octanol–water partition coefficient (Wildman–Crippen LogP) is 2.87. The Hall–Kier alpha value is -2.04. The van der Waals surface area contributed by atoms with Crippen LogP contribution in [-0.2, 0) is 9.59 Å². The fraction of sp³-hybridized carbons (Fsp3) is 0.529. The van der Waals surface area contributed by atoms with Gasteiger partial charge in [0.15, 0.2) is 0 Å². The van der Waals surface area contributed by atoms with Crippen LogP contribution in [0.15, 0.2) is 18.2 Å². The van der Waals surface area contributed by atoms with Crippen LogP contribution in [0.25, 0.3) is 0 Å². The molecule has 0 atom stereocenters. The Morgan fingerprint density at radius 1 is 1.27 bits per heavy atom. The number of aliphatic carboxylic acids is 1. The molecule has 1 aromatic rings. The molecule has 0 aromatic heterocycles. The molecule has 0 saturated carbocycles. The average molecular weight is 307 g/mol. The third-order valence-corrected chi connectivity index (χ3v) is 3.34. The van der Waals surface area contributed by atoms with Gasteiger partial charge < -0.3 is 15.2 Å². The summed E-state index contributed by atoms with van der Waals surface area (Å²) in [5, 5.41) is 11.0. The summed E-state index contributed by atoms with van der Waals surface area (Å²) in [4.78, 5) is 21.8. The van der Waals surface area contributed by atoms with E-state index < -0.39 is 5.97 Å². The average Bonchev–Trinajstić information content (AvgIpc) is 2.43. The number of ether oxygens (including phenoxy) is 1. The van der Waals surface area contributed by atoms with Crippen LogP contribution in [-0.4, -0.2) is 30.1 Å². The Balaban J connectivity index is 2.26. The summed E-state index contributed by atoms with van der Waals surface area (Å²) in [7, 11) is 0. The van der Waals surface area contributed by atoms with Crippen molar-refractivity contribution in [2.75, 3.05) is 13.2 Å². The van der Waals surface area contributed by atoms with Gasteiger partial charge in [-0.15, -0.1) is 0 Å². The molecular formula is C17H25NO4. The number of amides is 1. The maximum atomic E-state index is 11.4. The van der Waals surface area contributed by atoms with Gasteiger partial charge in [0.1, 0.15) is 5.75 Å². The molecule has 1 aromatic carbocycles. The molecule has 0 aliphatic heterocycles. The van der Waals surface area contributed by atoms with Gasteiger partial charge in [-0.1, -0.05) is 19.9 Å². The molecule has 0 aliphatic rings. The minimum absolute atomic E-state index is 0.0519. The quantitative estimate of drug-likeness (QED) is 0.688. The van der Waals surface area contributed by atoms with E-state index in [0.29, 0.717) is 25.4 Å². The van der Waals surface area contributed by atoms with Crippen LogP contribution < -0.4 is 10.1 Å². The fourth-order valence-electron chi connectivity index (χ4n) is 2.21. The molecule has 0 aliphatic carbocycles. The summed E-state index contributed by atoms with van der Waals surface area (Å²) in [5.74, 6) is 0.247. The summed E-state index contributed by atoms with van der Waals surface area (Å²) in [5.41, 5.74) is 2.52. The van der Waals surface area contributed by atoms with E-state index >= 15 is 0 Å². The van der Waals surface area contributed by atoms with E-state index in [2.05, 4.69) is 32.2 Å². The van der Waals surface area contributed by atoms with Crippen molar-refractivity contribution in [2.45, 2.75) is 46.0 Å². The number of carboxylic acids is 1. The zero-order valence-corrected chi connectivity index (χ0v) is 13.5. The van der Waals surface area contributed by atoms with Gasteiger partial charge in [-0.05, 0) is 42.5 Å². The number of benzene rings is 1. The molecule has 0 radical (unpaired) electrons. The molecule has 0 saturated heterocycles. The highest BCUT2D eigenvalue weighted by Crippen LogP contribution is 2.23. The van der Waals surface area contributed by atoms with Crippen LogP contribution in [0.5, 0.6) is 5.75 Å². The highest BCUT2D eigenvalue weighted by atomic mass is 16.5. The molecule has 22 heavy (non-hydrogen) atoms. The molecule has 0 heterocycles. The second-order valence-electron chi connectivity index (χ2n) is 5.62. The highest BCUT2D eigenvalue weighted by Gasteiger charge is 2.06. The first-order valence-electron chi connectivity index (χ1n) is 7.62. The normalized spacial score (nSPS) is 10.5. The zero-order valence-electron chi connectivity index (χ0n) is 13.5. The minimum Gasteiger partial charge on any atom is -0.494 e. The smallest absolute Gasteiger partial charge is 0.305 e. The number of hydrogen-bond donors (Lipinski definition) is 2. The molecule has 0 spiro atoms. The minimum atomic E-state index is -0.913. The van der Waals surface area contributed by atoms with Crippen molar-refractivity contribution in [1.82, 2.24) is 5.32 Å². The molecule has 5 heteroatoms. The van der Waals surface area contributed by atoms with Crippen LogP contribution in [0.2, 0.25) is 0 Å². The van der Waals surface area contributed by atoms with Crippen LogP contribution in [0, 0.1) is 6.92 Å². The van der Waals surface area contributed by atoms with Crippen molar-refractivity contribution >= 4 is 11.9 Å². The molecule has 0 unspecified atom stereocenters. The topological polar surface area (TPSA) is 75.6 Å². The number of rotatable bonds is 9. The maximum Gasteiger partial charge on any atom is 0.305 e. The summed E-state index contributed by atoms with van der Waals surface area (Å²) in [6, 6.07) is 6.05. The Morgan fingerprint density at radius 3 is 2.59 bits per heavy atom. The second kappa shape index (κ2) is 9.07. The number of aryl methyl sites for hydroxylation is 1. The largest absolute Gasteiger partial charge is 0.494 e. The first-order chi connectivity index (χ1) is 10.4. The SMILES string of the molecule is Cc1cc(OCCCC(=O)NCCC(=O)O)ccc1C(C)C. The number of hydrogen-bond acceptors (Lipinski definition) is 3. The van der Waals surface area contributed by atoms with Gasteiger partial charge in [0.05, 0.1) is 13.0 Å². The summed E-state index contributed by atoms with van der Waals surface area (Å²) >= 11 is 0. The number of carbonyl (C=O) groups excluding carboxylic acids is 1. The molecular weight excluding hydrogens is 282 g/mol. The molecule has 1 rings (SSSR count). The van der Waals surface area contributed by atoms with Gasteiger partial charge in [-0.3, -0.25) is 9.59 Å². The second-order valence-corrected chi connectivity index (χ2v) is 5.62. The van der Waals surface area contributed by atoms with Gasteiger partial charge in [-0.2, -0.15) is 0 Å². The van der Waals surface area contributed by atoms with E-state index in [4.69, 9.17) is 9.84 Å². The van der Waals surface area contributed by atoms with Crippen LogP contribution in [0.1, 0.15) is 50.2 Å². The van der Waals surface area contributed by atoms with Gasteiger partial charge in [0.25, 0.3) is 0 Å². The maximum absolute atomic E-state index is 11.4.